The Kier molecular flexibility index (Phi) is 8.22. The third-order valence-electron chi connectivity index (χ3n) is 5.26. The first kappa shape index (κ1) is 18.9. The molecule has 2 unspecified atom stereocenters. The van der Waals surface area contributed by atoms with Gasteiger partial charge in [-0.15, -0.1) is 0 Å². The standard InChI is InChI=1S/C18H39N3/c1-6-21-14-8-10-17(21)15-20(5)13-7-9-16(11-12-19)18(2,3)4/h16-17H,6-15,19H2,1-5H3. The Morgan fingerprint density at radius 2 is 2.00 bits per heavy atom. The predicted octanol–water partition coefficient (Wildman–Crippen LogP) is 3.19. The van der Waals surface area contributed by atoms with E-state index in [1.54, 1.807) is 0 Å². The van der Waals surface area contributed by atoms with Crippen LogP contribution < -0.4 is 5.73 Å². The van der Waals surface area contributed by atoms with Gasteiger partial charge in [0.25, 0.3) is 0 Å². The Labute approximate surface area is 133 Å². The fourth-order valence-corrected chi connectivity index (χ4v) is 3.79. The summed E-state index contributed by atoms with van der Waals surface area (Å²) in [4.78, 5) is 5.18. The number of likely N-dealkylation sites (N-methyl/N-ethyl adjacent to an activating group) is 2. The zero-order valence-electron chi connectivity index (χ0n) is 15.2. The summed E-state index contributed by atoms with van der Waals surface area (Å²) >= 11 is 0. The Morgan fingerprint density at radius 1 is 1.29 bits per heavy atom. The second-order valence-electron chi connectivity index (χ2n) is 7.97. The van der Waals surface area contributed by atoms with Crippen molar-refractivity contribution in [2.75, 3.05) is 39.8 Å². The van der Waals surface area contributed by atoms with Crippen LogP contribution in [0.5, 0.6) is 0 Å². The van der Waals surface area contributed by atoms with Crippen molar-refractivity contribution in [1.82, 2.24) is 9.80 Å². The van der Waals surface area contributed by atoms with Gasteiger partial charge in [-0.3, -0.25) is 4.90 Å². The van der Waals surface area contributed by atoms with E-state index in [1.807, 2.05) is 0 Å². The summed E-state index contributed by atoms with van der Waals surface area (Å²) in [6, 6.07) is 0.794. The van der Waals surface area contributed by atoms with Crippen molar-refractivity contribution in [2.24, 2.45) is 17.1 Å². The Morgan fingerprint density at radius 3 is 2.57 bits per heavy atom. The molecule has 1 aliphatic rings. The first-order chi connectivity index (χ1) is 9.88. The molecule has 0 aromatic heterocycles. The number of rotatable bonds is 9. The lowest BCUT2D eigenvalue weighted by Gasteiger charge is -2.32. The molecule has 126 valence electrons. The maximum Gasteiger partial charge on any atom is 0.0223 e. The van der Waals surface area contributed by atoms with Crippen molar-refractivity contribution in [2.45, 2.75) is 65.8 Å². The van der Waals surface area contributed by atoms with E-state index < -0.39 is 0 Å². The lowest BCUT2D eigenvalue weighted by Crippen LogP contribution is -2.39. The van der Waals surface area contributed by atoms with Crippen molar-refractivity contribution in [1.29, 1.82) is 0 Å². The van der Waals surface area contributed by atoms with Crippen LogP contribution in [-0.2, 0) is 0 Å². The topological polar surface area (TPSA) is 32.5 Å². The molecule has 1 aliphatic heterocycles. The van der Waals surface area contributed by atoms with Crippen LogP contribution in [0.3, 0.4) is 0 Å². The third kappa shape index (κ3) is 6.66. The average Bonchev–Trinajstić information content (AvgIpc) is 2.83. The first-order valence-corrected chi connectivity index (χ1v) is 9.01. The number of nitrogens with zero attached hydrogens (tertiary/aromatic N) is 2. The normalized spacial score (nSPS) is 22.1. The molecular formula is C18H39N3. The van der Waals surface area contributed by atoms with E-state index in [9.17, 15) is 0 Å². The van der Waals surface area contributed by atoms with Crippen molar-refractivity contribution in [3.63, 3.8) is 0 Å². The van der Waals surface area contributed by atoms with Crippen LogP contribution in [0.15, 0.2) is 0 Å². The minimum absolute atomic E-state index is 0.391. The maximum absolute atomic E-state index is 5.78. The lowest BCUT2D eigenvalue weighted by atomic mass is 9.76. The fourth-order valence-electron chi connectivity index (χ4n) is 3.79. The van der Waals surface area contributed by atoms with Gasteiger partial charge in [-0.25, -0.2) is 0 Å². The number of hydrogen-bond donors (Lipinski definition) is 1. The number of hydrogen-bond acceptors (Lipinski definition) is 3. The van der Waals surface area contributed by atoms with Crippen LogP contribution in [0.1, 0.15) is 59.8 Å². The summed E-state index contributed by atoms with van der Waals surface area (Å²) in [5, 5.41) is 0. The molecule has 3 heteroatoms. The largest absolute Gasteiger partial charge is 0.330 e. The second kappa shape index (κ2) is 9.12. The molecule has 0 amide bonds. The van der Waals surface area contributed by atoms with Gasteiger partial charge in [0.2, 0.25) is 0 Å². The van der Waals surface area contributed by atoms with Crippen LogP contribution in [-0.4, -0.2) is 55.6 Å². The van der Waals surface area contributed by atoms with E-state index >= 15 is 0 Å². The molecule has 0 radical (unpaired) electrons. The fraction of sp³-hybridized carbons (Fsp3) is 1.00. The molecule has 1 rings (SSSR count). The quantitative estimate of drug-likeness (QED) is 0.709. The molecule has 1 fully saturated rings. The lowest BCUT2D eigenvalue weighted by molar-refractivity contribution is 0.178. The Bertz CT molecular complexity index is 272. The van der Waals surface area contributed by atoms with Crippen molar-refractivity contribution < 1.29 is 0 Å². The van der Waals surface area contributed by atoms with E-state index in [0.717, 1.165) is 18.5 Å². The molecule has 0 aromatic carbocycles. The molecule has 21 heavy (non-hydrogen) atoms. The van der Waals surface area contributed by atoms with E-state index in [-0.39, 0.29) is 0 Å². The molecule has 0 saturated carbocycles. The van der Waals surface area contributed by atoms with Crippen LogP contribution in [0.2, 0.25) is 0 Å². The van der Waals surface area contributed by atoms with Gasteiger partial charge in [-0.2, -0.15) is 0 Å². The highest BCUT2D eigenvalue weighted by Crippen LogP contribution is 2.32. The summed E-state index contributed by atoms with van der Waals surface area (Å²) in [5.74, 6) is 0.759. The first-order valence-electron chi connectivity index (χ1n) is 9.01. The highest BCUT2D eigenvalue weighted by Gasteiger charge is 2.25. The smallest absolute Gasteiger partial charge is 0.0223 e. The maximum atomic E-state index is 5.78. The monoisotopic (exact) mass is 297 g/mol. The molecule has 0 aromatic rings. The van der Waals surface area contributed by atoms with Gasteiger partial charge >= 0.3 is 0 Å². The SMILES string of the molecule is CCN1CCCC1CN(C)CCCC(CCN)C(C)(C)C. The zero-order chi connectivity index (χ0) is 15.9. The van der Waals surface area contributed by atoms with E-state index in [1.165, 1.54) is 58.3 Å². The molecular weight excluding hydrogens is 258 g/mol. The molecule has 1 saturated heterocycles. The van der Waals surface area contributed by atoms with Crippen LogP contribution in [0.25, 0.3) is 0 Å². The number of likely N-dealkylation sites (tertiary alicyclic amines) is 1. The minimum Gasteiger partial charge on any atom is -0.330 e. The third-order valence-corrected chi connectivity index (χ3v) is 5.26. The molecule has 0 aliphatic carbocycles. The zero-order valence-corrected chi connectivity index (χ0v) is 15.2. The van der Waals surface area contributed by atoms with Crippen molar-refractivity contribution >= 4 is 0 Å². The van der Waals surface area contributed by atoms with Gasteiger partial charge in [-0.05, 0) is 76.7 Å². The van der Waals surface area contributed by atoms with Crippen LogP contribution in [0, 0.1) is 11.3 Å². The molecule has 0 bridgehead atoms. The highest BCUT2D eigenvalue weighted by molar-refractivity contribution is 4.81. The molecule has 2 atom stereocenters. The van der Waals surface area contributed by atoms with E-state index in [0.29, 0.717) is 5.41 Å². The summed E-state index contributed by atoms with van der Waals surface area (Å²) in [7, 11) is 2.29. The molecule has 2 N–H and O–H groups in total. The second-order valence-corrected chi connectivity index (χ2v) is 7.97. The van der Waals surface area contributed by atoms with Gasteiger partial charge in [0.1, 0.15) is 0 Å². The van der Waals surface area contributed by atoms with Crippen molar-refractivity contribution in [3.05, 3.63) is 0 Å². The number of nitrogens with two attached hydrogens (primary N) is 1. The van der Waals surface area contributed by atoms with Gasteiger partial charge in [0.05, 0.1) is 0 Å². The van der Waals surface area contributed by atoms with Gasteiger partial charge in [0.15, 0.2) is 0 Å². The Balaban J connectivity index is 2.27. The molecule has 0 spiro atoms. The summed E-state index contributed by atoms with van der Waals surface area (Å²) in [6.07, 6.45) is 6.55. The summed E-state index contributed by atoms with van der Waals surface area (Å²) < 4.78 is 0. The Hall–Kier alpha value is -0.120. The van der Waals surface area contributed by atoms with Gasteiger partial charge < -0.3 is 10.6 Å². The summed E-state index contributed by atoms with van der Waals surface area (Å²) in [5.41, 5.74) is 6.17. The minimum atomic E-state index is 0.391. The van der Waals surface area contributed by atoms with Crippen molar-refractivity contribution in [3.8, 4) is 0 Å². The van der Waals surface area contributed by atoms with Gasteiger partial charge in [0, 0.05) is 12.6 Å². The molecule has 1 heterocycles. The van der Waals surface area contributed by atoms with E-state index in [4.69, 9.17) is 5.73 Å². The van der Waals surface area contributed by atoms with Gasteiger partial charge in [-0.1, -0.05) is 27.7 Å². The summed E-state index contributed by atoms with van der Waals surface area (Å²) in [6.45, 7) is 15.2. The highest BCUT2D eigenvalue weighted by atomic mass is 15.2. The van der Waals surface area contributed by atoms with E-state index in [2.05, 4.69) is 44.5 Å². The average molecular weight is 298 g/mol. The predicted molar refractivity (Wildman–Crippen MR) is 93.6 cm³/mol. The molecule has 3 nitrogen and oxygen atoms in total. The van der Waals surface area contributed by atoms with Crippen LogP contribution in [0.4, 0.5) is 0 Å². The van der Waals surface area contributed by atoms with Crippen LogP contribution >= 0.6 is 0 Å².